The van der Waals surface area contributed by atoms with Crippen molar-refractivity contribution >= 4 is 6.03 Å². The lowest BCUT2D eigenvalue weighted by Crippen LogP contribution is -2.38. The van der Waals surface area contributed by atoms with Gasteiger partial charge in [0.15, 0.2) is 5.82 Å². The van der Waals surface area contributed by atoms with Gasteiger partial charge >= 0.3 is 6.03 Å². The van der Waals surface area contributed by atoms with Crippen molar-refractivity contribution in [2.45, 2.75) is 73.5 Å². The fourth-order valence-electron chi connectivity index (χ4n) is 2.99. The number of carbonyl (C=O) groups excluding carboxylic acids is 1. The maximum Gasteiger partial charge on any atom is 0.318 e. The van der Waals surface area contributed by atoms with Crippen LogP contribution in [0.25, 0.3) is 0 Å². The first-order valence-electron chi connectivity index (χ1n) is 9.48. The van der Waals surface area contributed by atoms with E-state index in [0.717, 1.165) is 23.4 Å². The molecule has 0 radical (unpaired) electrons. The van der Waals surface area contributed by atoms with E-state index in [1.165, 1.54) is 0 Å². The van der Waals surface area contributed by atoms with E-state index < -0.39 is 0 Å². The molecule has 0 spiro atoms. The largest absolute Gasteiger partial charge is 0.337 e. The summed E-state index contributed by atoms with van der Waals surface area (Å²) in [6, 6.07) is -0.259. The second kappa shape index (κ2) is 8.54. The van der Waals surface area contributed by atoms with Gasteiger partial charge in [0.05, 0.1) is 12.2 Å². The van der Waals surface area contributed by atoms with Gasteiger partial charge in [-0.15, -0.1) is 0 Å². The molecule has 1 atom stereocenters. The second-order valence-electron chi connectivity index (χ2n) is 7.86. The molecule has 0 fully saturated rings. The van der Waals surface area contributed by atoms with Crippen molar-refractivity contribution < 1.29 is 9.32 Å². The van der Waals surface area contributed by atoms with Gasteiger partial charge < -0.3 is 14.7 Å². The first-order chi connectivity index (χ1) is 12.6. The molecule has 27 heavy (non-hydrogen) atoms. The molecule has 0 bridgehead atoms. The van der Waals surface area contributed by atoms with E-state index in [0.29, 0.717) is 24.2 Å². The third-order valence-corrected chi connectivity index (χ3v) is 4.49. The zero-order valence-corrected chi connectivity index (χ0v) is 17.7. The minimum atomic E-state index is -0.353. The van der Waals surface area contributed by atoms with E-state index in [9.17, 15) is 4.79 Å². The SMILES string of the molecule is Cc1nn(C(C)C)c(C)c1CN(C)C(=O)NC(C)c1nc(CC(C)C)no1. The van der Waals surface area contributed by atoms with Crippen LogP contribution in [0.3, 0.4) is 0 Å². The van der Waals surface area contributed by atoms with Crippen LogP contribution in [-0.2, 0) is 13.0 Å². The van der Waals surface area contributed by atoms with E-state index in [4.69, 9.17) is 4.52 Å². The Kier molecular flexibility index (Phi) is 6.62. The van der Waals surface area contributed by atoms with Gasteiger partial charge in [0.25, 0.3) is 0 Å². The van der Waals surface area contributed by atoms with Gasteiger partial charge in [0.1, 0.15) is 6.04 Å². The first kappa shape index (κ1) is 20.9. The van der Waals surface area contributed by atoms with Gasteiger partial charge in [-0.1, -0.05) is 19.0 Å². The Balaban J connectivity index is 2.00. The molecule has 0 aliphatic rings. The van der Waals surface area contributed by atoms with Crippen LogP contribution in [0.2, 0.25) is 0 Å². The maximum atomic E-state index is 12.6. The number of carbonyl (C=O) groups is 1. The minimum absolute atomic E-state index is 0.192. The maximum absolute atomic E-state index is 12.6. The molecule has 0 saturated heterocycles. The number of aromatic nitrogens is 4. The van der Waals surface area contributed by atoms with Crippen molar-refractivity contribution in [2.75, 3.05) is 7.05 Å². The number of rotatable bonds is 7. The molecule has 8 nitrogen and oxygen atoms in total. The van der Waals surface area contributed by atoms with Gasteiger partial charge in [-0.25, -0.2) is 4.79 Å². The number of urea groups is 1. The molecule has 0 saturated carbocycles. The molecule has 1 N–H and O–H groups in total. The summed E-state index contributed by atoms with van der Waals surface area (Å²) >= 11 is 0. The van der Waals surface area contributed by atoms with Crippen LogP contribution in [0.5, 0.6) is 0 Å². The van der Waals surface area contributed by atoms with Gasteiger partial charge in [-0.05, 0) is 40.5 Å². The van der Waals surface area contributed by atoms with Gasteiger partial charge in [0.2, 0.25) is 5.89 Å². The number of hydrogen-bond donors (Lipinski definition) is 1. The van der Waals surface area contributed by atoms with E-state index >= 15 is 0 Å². The third kappa shape index (κ3) is 5.08. The first-order valence-corrected chi connectivity index (χ1v) is 9.48. The summed E-state index contributed by atoms with van der Waals surface area (Å²) in [4.78, 5) is 18.6. The highest BCUT2D eigenvalue weighted by atomic mass is 16.5. The van der Waals surface area contributed by atoms with Gasteiger partial charge in [0, 0.05) is 30.8 Å². The topological polar surface area (TPSA) is 89.1 Å². The van der Waals surface area contributed by atoms with Crippen LogP contribution in [0.4, 0.5) is 4.79 Å². The van der Waals surface area contributed by atoms with Crippen molar-refractivity contribution in [2.24, 2.45) is 5.92 Å². The quantitative estimate of drug-likeness (QED) is 0.798. The summed E-state index contributed by atoms with van der Waals surface area (Å²) in [5.41, 5.74) is 3.11. The second-order valence-corrected chi connectivity index (χ2v) is 7.86. The van der Waals surface area contributed by atoms with Crippen molar-refractivity contribution in [3.8, 4) is 0 Å². The molecule has 2 amide bonds. The summed E-state index contributed by atoms with van der Waals surface area (Å²) in [5, 5.41) is 11.5. The van der Waals surface area contributed by atoms with Gasteiger partial charge in [-0.3, -0.25) is 4.68 Å². The zero-order valence-electron chi connectivity index (χ0n) is 17.7. The molecule has 150 valence electrons. The highest BCUT2D eigenvalue weighted by Crippen LogP contribution is 2.19. The molecular weight excluding hydrogens is 344 g/mol. The lowest BCUT2D eigenvalue weighted by atomic mass is 10.1. The van der Waals surface area contributed by atoms with Crippen molar-refractivity contribution in [1.29, 1.82) is 0 Å². The van der Waals surface area contributed by atoms with E-state index in [1.807, 2.05) is 25.5 Å². The van der Waals surface area contributed by atoms with Crippen LogP contribution in [-0.4, -0.2) is 37.9 Å². The number of hydrogen-bond acceptors (Lipinski definition) is 5. The van der Waals surface area contributed by atoms with Crippen molar-refractivity contribution in [3.63, 3.8) is 0 Å². The lowest BCUT2D eigenvalue weighted by molar-refractivity contribution is 0.200. The average molecular weight is 377 g/mol. The molecule has 0 aromatic carbocycles. The fraction of sp³-hybridized carbons (Fsp3) is 0.684. The molecule has 0 aliphatic heterocycles. The van der Waals surface area contributed by atoms with E-state index in [2.05, 4.69) is 48.3 Å². The predicted octanol–water partition coefficient (Wildman–Crippen LogP) is 3.56. The molecule has 2 aromatic heterocycles. The smallest absolute Gasteiger partial charge is 0.318 e. The zero-order chi connectivity index (χ0) is 20.3. The summed E-state index contributed by atoms with van der Waals surface area (Å²) < 4.78 is 7.28. The Morgan fingerprint density at radius 2 is 1.89 bits per heavy atom. The minimum Gasteiger partial charge on any atom is -0.337 e. The Bertz CT molecular complexity index is 777. The number of amides is 2. The highest BCUT2D eigenvalue weighted by Gasteiger charge is 2.21. The summed E-state index contributed by atoms with van der Waals surface area (Å²) in [6.45, 7) is 14.7. The summed E-state index contributed by atoms with van der Waals surface area (Å²) in [5.74, 6) is 1.54. The standard InChI is InChI=1S/C19H32N6O2/c1-11(2)9-17-21-18(27-23-17)14(6)20-19(26)24(8)10-16-13(5)22-25(12(3)4)15(16)7/h11-12,14H,9-10H2,1-8H3,(H,20,26). The Morgan fingerprint density at radius 3 is 2.44 bits per heavy atom. The van der Waals surface area contributed by atoms with Crippen molar-refractivity contribution in [1.82, 2.24) is 30.1 Å². The Hall–Kier alpha value is -2.38. The molecule has 2 rings (SSSR count). The van der Waals surface area contributed by atoms with Gasteiger partial charge in [-0.2, -0.15) is 10.1 Å². The molecule has 8 heteroatoms. The number of nitrogens with zero attached hydrogens (tertiary/aromatic N) is 5. The normalized spacial score (nSPS) is 12.7. The lowest BCUT2D eigenvalue weighted by Gasteiger charge is -2.20. The third-order valence-electron chi connectivity index (χ3n) is 4.49. The number of nitrogens with one attached hydrogen (secondary N) is 1. The average Bonchev–Trinajstić information content (AvgIpc) is 3.13. The molecule has 2 heterocycles. The van der Waals surface area contributed by atoms with Crippen LogP contribution in [0.15, 0.2) is 4.52 Å². The summed E-state index contributed by atoms with van der Waals surface area (Å²) in [7, 11) is 1.77. The molecule has 0 aliphatic carbocycles. The van der Waals surface area contributed by atoms with Crippen molar-refractivity contribution in [3.05, 3.63) is 28.7 Å². The Morgan fingerprint density at radius 1 is 1.22 bits per heavy atom. The summed E-state index contributed by atoms with van der Waals surface area (Å²) in [6.07, 6.45) is 0.752. The highest BCUT2D eigenvalue weighted by molar-refractivity contribution is 5.74. The predicted molar refractivity (Wildman–Crippen MR) is 103 cm³/mol. The fourth-order valence-corrected chi connectivity index (χ4v) is 2.99. The molecule has 2 aromatic rings. The van der Waals surface area contributed by atoms with E-state index in [-0.39, 0.29) is 18.1 Å². The molecular formula is C19H32N6O2. The van der Waals surface area contributed by atoms with Crippen LogP contribution in [0, 0.1) is 19.8 Å². The van der Waals surface area contributed by atoms with Crippen LogP contribution in [0.1, 0.15) is 75.4 Å². The van der Waals surface area contributed by atoms with Crippen LogP contribution < -0.4 is 5.32 Å². The molecule has 1 unspecified atom stereocenters. The van der Waals surface area contributed by atoms with E-state index in [1.54, 1.807) is 11.9 Å². The van der Waals surface area contributed by atoms with Crippen LogP contribution >= 0.6 is 0 Å². The Labute approximate surface area is 161 Å². The monoisotopic (exact) mass is 376 g/mol. The number of aryl methyl sites for hydroxylation is 1.